The predicted octanol–water partition coefficient (Wildman–Crippen LogP) is 3.31. The summed E-state index contributed by atoms with van der Waals surface area (Å²) in [5, 5.41) is 0. The zero-order valence-electron chi connectivity index (χ0n) is 18.8. The highest BCUT2D eigenvalue weighted by Crippen LogP contribution is 2.29. The summed E-state index contributed by atoms with van der Waals surface area (Å²) in [4.78, 5) is 37.0. The number of anilines is 1. The normalized spacial score (nSPS) is 18.5. The maximum Gasteiger partial charge on any atom is 0.417 e. The number of piperidine rings is 1. The molecule has 0 saturated carbocycles. The average Bonchev–Trinajstić information content (AvgIpc) is 3.05. The number of aromatic nitrogens is 1. The third-order valence-electron chi connectivity index (χ3n) is 6.36. The summed E-state index contributed by atoms with van der Waals surface area (Å²) in [6.45, 7) is 8.74. The molecule has 0 aliphatic carbocycles. The van der Waals surface area contributed by atoms with Crippen molar-refractivity contribution in [3.63, 3.8) is 0 Å². The van der Waals surface area contributed by atoms with Crippen LogP contribution in [0.3, 0.4) is 0 Å². The smallest absolute Gasteiger partial charge is 0.355 e. The van der Waals surface area contributed by atoms with Crippen molar-refractivity contribution in [3.05, 3.63) is 23.9 Å². The molecule has 0 bridgehead atoms. The number of alkyl halides is 3. The summed E-state index contributed by atoms with van der Waals surface area (Å²) in [6.07, 6.45) is -1.50. The van der Waals surface area contributed by atoms with Gasteiger partial charge < -0.3 is 19.6 Å². The second-order valence-electron chi connectivity index (χ2n) is 8.28. The van der Waals surface area contributed by atoms with Gasteiger partial charge in [-0.25, -0.2) is 9.78 Å². The topological polar surface area (TPSA) is 60.0 Å². The molecule has 0 spiro atoms. The molecule has 7 nitrogen and oxygen atoms in total. The SMILES string of the molecule is CCN(CC)C(=O)N1CCC(C(=O)N2CCCN(c3ccc(C(F)(F)F)cn3)CC2)CC1. The molecule has 178 valence electrons. The summed E-state index contributed by atoms with van der Waals surface area (Å²) in [5.74, 6) is 0.518. The third-order valence-corrected chi connectivity index (χ3v) is 6.36. The fourth-order valence-corrected chi connectivity index (χ4v) is 4.38. The van der Waals surface area contributed by atoms with Crippen molar-refractivity contribution in [2.75, 3.05) is 57.3 Å². The van der Waals surface area contributed by atoms with Crippen molar-refractivity contribution in [3.8, 4) is 0 Å². The summed E-state index contributed by atoms with van der Waals surface area (Å²) >= 11 is 0. The van der Waals surface area contributed by atoms with Crippen LogP contribution in [0, 0.1) is 5.92 Å². The number of pyridine rings is 1. The number of hydrogen-bond acceptors (Lipinski definition) is 4. The van der Waals surface area contributed by atoms with Crippen LogP contribution >= 0.6 is 0 Å². The first-order valence-corrected chi connectivity index (χ1v) is 11.3. The number of amides is 3. The summed E-state index contributed by atoms with van der Waals surface area (Å²) in [5.41, 5.74) is -0.765. The molecule has 3 rings (SSSR count). The molecule has 3 heterocycles. The Labute approximate surface area is 187 Å². The highest BCUT2D eigenvalue weighted by Gasteiger charge is 2.33. The van der Waals surface area contributed by atoms with E-state index in [-0.39, 0.29) is 17.9 Å². The van der Waals surface area contributed by atoms with Crippen LogP contribution in [-0.4, -0.2) is 84.0 Å². The average molecular weight is 456 g/mol. The molecule has 0 radical (unpaired) electrons. The van der Waals surface area contributed by atoms with Crippen LogP contribution in [-0.2, 0) is 11.0 Å². The van der Waals surface area contributed by atoms with Gasteiger partial charge in [-0.05, 0) is 45.2 Å². The lowest BCUT2D eigenvalue weighted by molar-refractivity contribution is -0.138. The van der Waals surface area contributed by atoms with E-state index in [9.17, 15) is 22.8 Å². The van der Waals surface area contributed by atoms with Gasteiger partial charge in [0.05, 0.1) is 5.56 Å². The largest absolute Gasteiger partial charge is 0.417 e. The van der Waals surface area contributed by atoms with E-state index in [2.05, 4.69) is 4.98 Å². The number of carbonyl (C=O) groups is 2. The fraction of sp³-hybridized carbons (Fsp3) is 0.682. The minimum atomic E-state index is -4.40. The van der Waals surface area contributed by atoms with Crippen LogP contribution in [0.5, 0.6) is 0 Å². The standard InChI is InChI=1S/C22H32F3N5O2/c1-3-27(4-2)21(32)30-12-8-17(9-13-30)20(31)29-11-5-10-28(14-15-29)19-7-6-18(16-26-19)22(23,24)25/h6-7,16-17H,3-5,8-15H2,1-2H3. The number of halogens is 3. The van der Waals surface area contributed by atoms with E-state index in [1.165, 1.54) is 6.07 Å². The van der Waals surface area contributed by atoms with Crippen LogP contribution in [0.4, 0.5) is 23.8 Å². The Morgan fingerprint density at radius 2 is 1.69 bits per heavy atom. The lowest BCUT2D eigenvalue weighted by Crippen LogP contribution is -2.49. The fourth-order valence-electron chi connectivity index (χ4n) is 4.38. The number of rotatable bonds is 4. The highest BCUT2D eigenvalue weighted by molar-refractivity contribution is 5.80. The summed E-state index contributed by atoms with van der Waals surface area (Å²) in [6, 6.07) is 2.47. The van der Waals surface area contributed by atoms with E-state index in [0.29, 0.717) is 71.0 Å². The molecule has 1 aromatic rings. The van der Waals surface area contributed by atoms with Gasteiger partial charge in [-0.2, -0.15) is 13.2 Å². The van der Waals surface area contributed by atoms with Gasteiger partial charge in [0.2, 0.25) is 5.91 Å². The summed E-state index contributed by atoms with van der Waals surface area (Å²) in [7, 11) is 0. The lowest BCUT2D eigenvalue weighted by atomic mass is 9.95. The van der Waals surface area contributed by atoms with Crippen molar-refractivity contribution >= 4 is 17.8 Å². The van der Waals surface area contributed by atoms with Crippen LogP contribution < -0.4 is 4.90 Å². The Kier molecular flexibility index (Phi) is 7.84. The predicted molar refractivity (Wildman–Crippen MR) is 115 cm³/mol. The molecule has 0 atom stereocenters. The molecule has 3 amide bonds. The van der Waals surface area contributed by atoms with Crippen LogP contribution in [0.15, 0.2) is 18.3 Å². The molecule has 0 N–H and O–H groups in total. The minimum Gasteiger partial charge on any atom is -0.355 e. The van der Waals surface area contributed by atoms with Gasteiger partial charge in [0.1, 0.15) is 5.82 Å². The highest BCUT2D eigenvalue weighted by atomic mass is 19.4. The van der Waals surface area contributed by atoms with Gasteiger partial charge in [0.15, 0.2) is 0 Å². The molecule has 32 heavy (non-hydrogen) atoms. The van der Waals surface area contributed by atoms with Gasteiger partial charge in [-0.1, -0.05) is 0 Å². The number of urea groups is 1. The van der Waals surface area contributed by atoms with Crippen molar-refractivity contribution < 1.29 is 22.8 Å². The number of carbonyl (C=O) groups excluding carboxylic acids is 2. The molecular weight excluding hydrogens is 423 g/mol. The van der Waals surface area contributed by atoms with E-state index in [0.717, 1.165) is 18.7 Å². The molecule has 1 aromatic heterocycles. The Morgan fingerprint density at radius 1 is 1.00 bits per heavy atom. The van der Waals surface area contributed by atoms with Gasteiger partial charge >= 0.3 is 12.2 Å². The molecule has 2 aliphatic heterocycles. The van der Waals surface area contributed by atoms with Gasteiger partial charge in [0, 0.05) is 64.5 Å². The van der Waals surface area contributed by atoms with Crippen molar-refractivity contribution in [1.82, 2.24) is 19.7 Å². The molecule has 2 saturated heterocycles. The second kappa shape index (κ2) is 10.4. The van der Waals surface area contributed by atoms with Crippen LogP contribution in [0.2, 0.25) is 0 Å². The van der Waals surface area contributed by atoms with E-state index in [4.69, 9.17) is 0 Å². The van der Waals surface area contributed by atoms with E-state index < -0.39 is 11.7 Å². The molecule has 0 aromatic carbocycles. The van der Waals surface area contributed by atoms with Crippen molar-refractivity contribution in [1.29, 1.82) is 0 Å². The van der Waals surface area contributed by atoms with Crippen LogP contribution in [0.25, 0.3) is 0 Å². The maximum atomic E-state index is 13.1. The first kappa shape index (κ1) is 24.1. The Hall–Kier alpha value is -2.52. The summed E-state index contributed by atoms with van der Waals surface area (Å²) < 4.78 is 38.3. The van der Waals surface area contributed by atoms with Crippen LogP contribution in [0.1, 0.15) is 38.7 Å². The molecule has 0 unspecified atom stereocenters. The monoisotopic (exact) mass is 455 g/mol. The second-order valence-corrected chi connectivity index (χ2v) is 8.28. The molecule has 10 heteroatoms. The van der Waals surface area contributed by atoms with Crippen molar-refractivity contribution in [2.45, 2.75) is 39.3 Å². The first-order valence-electron chi connectivity index (χ1n) is 11.3. The number of nitrogens with zero attached hydrogens (tertiary/aromatic N) is 5. The Balaban J connectivity index is 1.52. The maximum absolute atomic E-state index is 13.1. The van der Waals surface area contributed by atoms with Crippen molar-refractivity contribution in [2.24, 2.45) is 5.92 Å². The van der Waals surface area contributed by atoms with E-state index in [1.807, 2.05) is 28.5 Å². The quantitative estimate of drug-likeness (QED) is 0.699. The zero-order chi connectivity index (χ0) is 23.3. The number of hydrogen-bond donors (Lipinski definition) is 0. The Morgan fingerprint density at radius 3 is 2.25 bits per heavy atom. The lowest BCUT2D eigenvalue weighted by Gasteiger charge is -2.36. The molecule has 2 aliphatic rings. The third kappa shape index (κ3) is 5.63. The van der Waals surface area contributed by atoms with Gasteiger partial charge in [0.25, 0.3) is 0 Å². The minimum absolute atomic E-state index is 0.0374. The van der Waals surface area contributed by atoms with E-state index in [1.54, 1.807) is 4.90 Å². The molecule has 2 fully saturated rings. The number of likely N-dealkylation sites (tertiary alicyclic amines) is 1. The zero-order valence-corrected chi connectivity index (χ0v) is 18.8. The molecular formula is C22H32F3N5O2. The van der Waals surface area contributed by atoms with Gasteiger partial charge in [-0.3, -0.25) is 4.79 Å². The van der Waals surface area contributed by atoms with Gasteiger partial charge in [-0.15, -0.1) is 0 Å². The first-order chi connectivity index (χ1) is 15.2. The Bertz CT molecular complexity index is 775. The van der Waals surface area contributed by atoms with E-state index >= 15 is 0 Å².